The smallest absolute Gasteiger partial charge is 0.263 e. The molecule has 0 bridgehead atoms. The molecule has 0 radical (unpaired) electrons. The minimum Gasteiger partial charge on any atom is -0.508 e. The highest BCUT2D eigenvalue weighted by Crippen LogP contribution is 2.50. The van der Waals surface area contributed by atoms with Crippen molar-refractivity contribution in [1.82, 2.24) is 9.97 Å². The lowest BCUT2D eigenvalue weighted by atomic mass is 9.62. The third-order valence-electron chi connectivity index (χ3n) is 5.79. The summed E-state index contributed by atoms with van der Waals surface area (Å²) in [5.74, 6) is -1.35. The average Bonchev–Trinajstić information content (AvgIpc) is 3.06. The topological polar surface area (TPSA) is 104 Å². The third kappa shape index (κ3) is 2.74. The largest absolute Gasteiger partial charge is 0.508 e. The third-order valence-corrected chi connectivity index (χ3v) is 5.79. The van der Waals surface area contributed by atoms with Gasteiger partial charge >= 0.3 is 0 Å². The van der Waals surface area contributed by atoms with Gasteiger partial charge in [-0.15, -0.1) is 0 Å². The minimum absolute atomic E-state index is 0.0928. The van der Waals surface area contributed by atoms with Gasteiger partial charge in [-0.25, -0.2) is 9.88 Å². The van der Waals surface area contributed by atoms with Gasteiger partial charge in [-0.2, -0.15) is 0 Å². The number of hydrogen-bond donors (Lipinski definition) is 2. The lowest BCUT2D eigenvalue weighted by Crippen LogP contribution is -2.42. The maximum atomic E-state index is 13.7. The zero-order valence-electron chi connectivity index (χ0n) is 16.2. The Morgan fingerprint density at radius 3 is 2.03 bits per heavy atom. The molecule has 7 nitrogen and oxygen atoms in total. The van der Waals surface area contributed by atoms with Crippen molar-refractivity contribution in [3.05, 3.63) is 102 Å². The summed E-state index contributed by atoms with van der Waals surface area (Å²) in [5.41, 5.74) is 0.782. The Balaban J connectivity index is 1.74. The van der Waals surface area contributed by atoms with E-state index in [4.69, 9.17) is 0 Å². The number of amides is 2. The first-order valence-electron chi connectivity index (χ1n) is 9.65. The minimum atomic E-state index is -1.02. The molecular formula is C24H17N3O4. The van der Waals surface area contributed by atoms with E-state index in [1.54, 1.807) is 60.7 Å². The number of imide groups is 1. The van der Waals surface area contributed by atoms with Crippen molar-refractivity contribution in [2.45, 2.75) is 5.41 Å². The van der Waals surface area contributed by atoms with Crippen LogP contribution in [0.5, 0.6) is 11.5 Å². The van der Waals surface area contributed by atoms with Gasteiger partial charge in [0.1, 0.15) is 11.5 Å². The molecule has 1 fully saturated rings. The maximum absolute atomic E-state index is 13.7. The summed E-state index contributed by atoms with van der Waals surface area (Å²) in [6.07, 6.45) is 9.57. The van der Waals surface area contributed by atoms with Gasteiger partial charge in [0.05, 0.1) is 17.5 Å². The molecule has 2 amide bonds. The number of aromatic nitrogens is 2. The van der Waals surface area contributed by atoms with Crippen LogP contribution in [0.15, 0.2) is 90.9 Å². The van der Waals surface area contributed by atoms with Crippen LogP contribution in [-0.4, -0.2) is 32.0 Å². The molecule has 0 saturated carbocycles. The number of hydrogen-bond acceptors (Lipinski definition) is 6. The zero-order chi connectivity index (χ0) is 21.6. The van der Waals surface area contributed by atoms with Crippen LogP contribution < -0.4 is 4.90 Å². The van der Waals surface area contributed by atoms with Gasteiger partial charge in [-0.05, 0) is 35.4 Å². The molecule has 2 heterocycles. The molecule has 0 spiro atoms. The van der Waals surface area contributed by atoms with Crippen molar-refractivity contribution in [2.75, 3.05) is 4.90 Å². The Bertz CT molecular complexity index is 1190. The first-order valence-corrected chi connectivity index (χ1v) is 9.65. The van der Waals surface area contributed by atoms with Crippen LogP contribution in [0.25, 0.3) is 0 Å². The molecule has 1 aromatic heterocycles. The quantitative estimate of drug-likeness (QED) is 0.643. The molecule has 5 rings (SSSR count). The monoisotopic (exact) mass is 411 g/mol. The summed E-state index contributed by atoms with van der Waals surface area (Å²) in [6, 6.07) is 13.1. The van der Waals surface area contributed by atoms with Crippen LogP contribution in [0.1, 0.15) is 11.1 Å². The van der Waals surface area contributed by atoms with E-state index >= 15 is 0 Å². The summed E-state index contributed by atoms with van der Waals surface area (Å²) < 4.78 is 0. The Labute approximate surface area is 177 Å². The molecule has 2 N–H and O–H groups in total. The number of phenolic OH excluding ortho intramolecular Hbond substituents is 2. The Morgan fingerprint density at radius 1 is 0.871 bits per heavy atom. The average molecular weight is 411 g/mol. The fourth-order valence-corrected chi connectivity index (χ4v) is 4.41. The van der Waals surface area contributed by atoms with Crippen LogP contribution in [0.3, 0.4) is 0 Å². The number of allylic oxidation sites excluding steroid dienone is 3. The number of nitrogens with zero attached hydrogens (tertiary/aromatic N) is 3. The van der Waals surface area contributed by atoms with Crippen molar-refractivity contribution < 1.29 is 19.8 Å². The number of fused-ring (bicyclic) bond motifs is 1. The number of benzene rings is 2. The standard InChI is InChI=1S/C24H17N3O4/c28-17-7-3-15(4-8-17)24(16-5-9-18(29)10-6-16)11-1-2-19-21(24)23(31)27(22(19)30)20-14-25-12-13-26-20/h1-14,21,28-29H. The number of rotatable bonds is 3. The van der Waals surface area contributed by atoms with Gasteiger partial charge in [0.15, 0.2) is 5.82 Å². The normalized spacial score (nSPS) is 19.3. The first kappa shape index (κ1) is 18.7. The summed E-state index contributed by atoms with van der Waals surface area (Å²) in [7, 11) is 0. The van der Waals surface area contributed by atoms with Crippen molar-refractivity contribution in [3.63, 3.8) is 0 Å². The molecule has 2 aliphatic rings. The molecule has 1 aliphatic heterocycles. The molecule has 3 aromatic rings. The van der Waals surface area contributed by atoms with Crippen LogP contribution in [-0.2, 0) is 15.0 Å². The predicted octanol–water partition coefficient (Wildman–Crippen LogP) is 2.86. The van der Waals surface area contributed by atoms with Gasteiger partial charge in [-0.1, -0.05) is 42.5 Å². The second-order valence-corrected chi connectivity index (χ2v) is 7.42. The van der Waals surface area contributed by atoms with Crippen LogP contribution in [0.4, 0.5) is 5.82 Å². The van der Waals surface area contributed by atoms with E-state index < -0.39 is 23.1 Å². The van der Waals surface area contributed by atoms with E-state index in [0.29, 0.717) is 5.57 Å². The van der Waals surface area contributed by atoms with Crippen molar-refractivity contribution in [3.8, 4) is 11.5 Å². The van der Waals surface area contributed by atoms with E-state index in [9.17, 15) is 19.8 Å². The van der Waals surface area contributed by atoms with Crippen LogP contribution in [0, 0.1) is 5.92 Å². The Hall–Kier alpha value is -4.26. The number of phenols is 2. The zero-order valence-corrected chi connectivity index (χ0v) is 16.2. The predicted molar refractivity (Wildman–Crippen MR) is 112 cm³/mol. The van der Waals surface area contributed by atoms with Gasteiger partial charge in [0, 0.05) is 18.0 Å². The van der Waals surface area contributed by atoms with E-state index in [-0.39, 0.29) is 17.3 Å². The molecule has 1 aliphatic carbocycles. The SMILES string of the molecule is O=C1C2=CC=CC(c3ccc(O)cc3)(c3ccc(O)cc3)C2C(=O)N1c1cnccn1. The molecule has 152 valence electrons. The Morgan fingerprint density at radius 2 is 1.48 bits per heavy atom. The molecule has 2 aromatic carbocycles. The molecular weight excluding hydrogens is 394 g/mol. The lowest BCUT2D eigenvalue weighted by molar-refractivity contribution is -0.122. The van der Waals surface area contributed by atoms with E-state index in [1.807, 2.05) is 6.08 Å². The van der Waals surface area contributed by atoms with E-state index in [0.717, 1.165) is 16.0 Å². The van der Waals surface area contributed by atoms with Gasteiger partial charge < -0.3 is 10.2 Å². The maximum Gasteiger partial charge on any atom is 0.263 e. The van der Waals surface area contributed by atoms with E-state index in [2.05, 4.69) is 9.97 Å². The molecule has 7 heteroatoms. The molecule has 1 atom stereocenters. The van der Waals surface area contributed by atoms with Crippen molar-refractivity contribution in [2.24, 2.45) is 5.92 Å². The number of carbonyl (C=O) groups is 2. The highest BCUT2D eigenvalue weighted by molar-refractivity contribution is 6.30. The fraction of sp³-hybridized carbons (Fsp3) is 0.0833. The summed E-state index contributed by atoms with van der Waals surface area (Å²) in [4.78, 5) is 36.2. The van der Waals surface area contributed by atoms with Crippen molar-refractivity contribution >= 4 is 17.6 Å². The second kappa shape index (κ2) is 6.91. The lowest BCUT2D eigenvalue weighted by Gasteiger charge is -2.38. The van der Waals surface area contributed by atoms with E-state index in [1.165, 1.54) is 18.6 Å². The second-order valence-electron chi connectivity index (χ2n) is 7.42. The number of carbonyl (C=O) groups excluding carboxylic acids is 2. The fourth-order valence-electron chi connectivity index (χ4n) is 4.41. The molecule has 1 unspecified atom stereocenters. The number of aromatic hydroxyl groups is 2. The molecule has 31 heavy (non-hydrogen) atoms. The molecule has 1 saturated heterocycles. The summed E-state index contributed by atoms with van der Waals surface area (Å²) >= 11 is 0. The van der Waals surface area contributed by atoms with Gasteiger partial charge in [0.2, 0.25) is 5.91 Å². The van der Waals surface area contributed by atoms with Gasteiger partial charge in [0.25, 0.3) is 5.91 Å². The Kier molecular flexibility index (Phi) is 4.18. The first-order chi connectivity index (χ1) is 15.0. The van der Waals surface area contributed by atoms with Gasteiger partial charge in [-0.3, -0.25) is 14.6 Å². The highest BCUT2D eigenvalue weighted by atomic mass is 16.3. The van der Waals surface area contributed by atoms with Crippen LogP contribution >= 0.6 is 0 Å². The summed E-state index contributed by atoms with van der Waals surface area (Å²) in [6.45, 7) is 0. The van der Waals surface area contributed by atoms with Crippen LogP contribution in [0.2, 0.25) is 0 Å². The van der Waals surface area contributed by atoms with Crippen molar-refractivity contribution in [1.29, 1.82) is 0 Å². The highest BCUT2D eigenvalue weighted by Gasteiger charge is 2.56. The number of anilines is 1. The summed E-state index contributed by atoms with van der Waals surface area (Å²) in [5, 5.41) is 19.6.